The van der Waals surface area contributed by atoms with Crippen LogP contribution in [-0.2, 0) is 16.1 Å². The van der Waals surface area contributed by atoms with Gasteiger partial charge in [0.2, 0.25) is 0 Å². The molecule has 2 rings (SSSR count). The van der Waals surface area contributed by atoms with Crippen LogP contribution < -0.4 is 5.32 Å². The minimum absolute atomic E-state index is 0. The van der Waals surface area contributed by atoms with Crippen molar-refractivity contribution >= 4 is 29.9 Å². The normalized spacial score (nSPS) is 17.2. The Kier molecular flexibility index (Phi) is 12.7. The van der Waals surface area contributed by atoms with Crippen LogP contribution in [0.15, 0.2) is 35.3 Å². The molecule has 26 heavy (non-hydrogen) atoms. The van der Waals surface area contributed by atoms with Crippen LogP contribution in [0.4, 0.5) is 0 Å². The SMILES string of the molecule is CCCCOCCNC(=NC)N1CCC(COCc2ccccc2)C1.I. The first-order valence-electron chi connectivity index (χ1n) is 9.48. The quantitative estimate of drug-likeness (QED) is 0.244. The average molecular weight is 475 g/mol. The number of benzene rings is 1. The van der Waals surface area contributed by atoms with E-state index in [2.05, 4.69) is 46.4 Å². The predicted octanol–water partition coefficient (Wildman–Crippen LogP) is 3.54. The van der Waals surface area contributed by atoms with E-state index in [1.54, 1.807) is 0 Å². The molecule has 1 fully saturated rings. The summed E-state index contributed by atoms with van der Waals surface area (Å²) in [6, 6.07) is 10.4. The van der Waals surface area contributed by atoms with Crippen LogP contribution in [-0.4, -0.2) is 57.4 Å². The van der Waals surface area contributed by atoms with Crippen molar-refractivity contribution in [2.75, 3.05) is 46.5 Å². The summed E-state index contributed by atoms with van der Waals surface area (Å²) in [5.74, 6) is 1.55. The summed E-state index contributed by atoms with van der Waals surface area (Å²) in [5, 5.41) is 3.40. The van der Waals surface area contributed by atoms with Gasteiger partial charge in [-0.1, -0.05) is 43.7 Å². The summed E-state index contributed by atoms with van der Waals surface area (Å²) in [6.45, 7) is 8.11. The number of hydrogen-bond acceptors (Lipinski definition) is 3. The Morgan fingerprint density at radius 3 is 2.77 bits per heavy atom. The Morgan fingerprint density at radius 1 is 1.23 bits per heavy atom. The molecule has 0 bridgehead atoms. The van der Waals surface area contributed by atoms with Crippen LogP contribution in [0.1, 0.15) is 31.7 Å². The molecule has 0 aliphatic carbocycles. The Morgan fingerprint density at radius 2 is 2.04 bits per heavy atom. The number of ether oxygens (including phenoxy) is 2. The molecule has 1 aliphatic heterocycles. The summed E-state index contributed by atoms with van der Waals surface area (Å²) in [4.78, 5) is 6.72. The lowest BCUT2D eigenvalue weighted by atomic mass is 10.1. The van der Waals surface area contributed by atoms with E-state index in [9.17, 15) is 0 Å². The zero-order valence-electron chi connectivity index (χ0n) is 16.2. The molecule has 1 aliphatic rings. The van der Waals surface area contributed by atoms with Crippen LogP contribution in [0.3, 0.4) is 0 Å². The summed E-state index contributed by atoms with van der Waals surface area (Å²) in [6.07, 6.45) is 3.46. The molecule has 0 aromatic heterocycles. The number of guanidine groups is 1. The van der Waals surface area contributed by atoms with E-state index < -0.39 is 0 Å². The summed E-state index contributed by atoms with van der Waals surface area (Å²) < 4.78 is 11.5. The zero-order chi connectivity index (χ0) is 17.7. The molecule has 0 spiro atoms. The first-order chi connectivity index (χ1) is 12.3. The highest BCUT2D eigenvalue weighted by Crippen LogP contribution is 2.17. The lowest BCUT2D eigenvalue weighted by molar-refractivity contribution is 0.0906. The minimum Gasteiger partial charge on any atom is -0.380 e. The molecule has 1 aromatic rings. The van der Waals surface area contributed by atoms with Gasteiger partial charge in [0, 0.05) is 39.2 Å². The maximum absolute atomic E-state index is 5.89. The molecule has 0 radical (unpaired) electrons. The van der Waals surface area contributed by atoms with Gasteiger partial charge in [0.25, 0.3) is 0 Å². The first-order valence-corrected chi connectivity index (χ1v) is 9.48. The molecule has 1 unspecified atom stereocenters. The number of hydrogen-bond donors (Lipinski definition) is 1. The van der Waals surface area contributed by atoms with E-state index in [0.29, 0.717) is 12.5 Å². The fraction of sp³-hybridized carbons (Fsp3) is 0.650. The largest absolute Gasteiger partial charge is 0.380 e. The number of rotatable bonds is 10. The summed E-state index contributed by atoms with van der Waals surface area (Å²) >= 11 is 0. The van der Waals surface area contributed by atoms with Crippen molar-refractivity contribution in [3.05, 3.63) is 35.9 Å². The smallest absolute Gasteiger partial charge is 0.193 e. The number of nitrogens with one attached hydrogen (secondary N) is 1. The maximum Gasteiger partial charge on any atom is 0.193 e. The highest BCUT2D eigenvalue weighted by Gasteiger charge is 2.24. The van der Waals surface area contributed by atoms with Crippen LogP contribution in [0.25, 0.3) is 0 Å². The molecular weight excluding hydrogens is 441 g/mol. The lowest BCUT2D eigenvalue weighted by Crippen LogP contribution is -2.41. The van der Waals surface area contributed by atoms with Crippen LogP contribution in [0.2, 0.25) is 0 Å². The fourth-order valence-corrected chi connectivity index (χ4v) is 2.99. The van der Waals surface area contributed by atoms with Crippen LogP contribution >= 0.6 is 24.0 Å². The zero-order valence-corrected chi connectivity index (χ0v) is 18.5. The van der Waals surface area contributed by atoms with Crippen molar-refractivity contribution in [1.82, 2.24) is 10.2 Å². The van der Waals surface area contributed by atoms with Crippen LogP contribution in [0.5, 0.6) is 0 Å². The van der Waals surface area contributed by atoms with Crippen molar-refractivity contribution in [2.45, 2.75) is 32.8 Å². The molecule has 1 saturated heterocycles. The van der Waals surface area contributed by atoms with Crippen molar-refractivity contribution in [1.29, 1.82) is 0 Å². The highest BCUT2D eigenvalue weighted by atomic mass is 127. The topological polar surface area (TPSA) is 46.1 Å². The van der Waals surface area contributed by atoms with Crippen molar-refractivity contribution < 1.29 is 9.47 Å². The third-order valence-electron chi connectivity index (χ3n) is 4.43. The minimum atomic E-state index is 0. The lowest BCUT2D eigenvalue weighted by Gasteiger charge is -2.21. The fourth-order valence-electron chi connectivity index (χ4n) is 2.99. The number of halogens is 1. The maximum atomic E-state index is 5.89. The summed E-state index contributed by atoms with van der Waals surface area (Å²) in [5.41, 5.74) is 1.23. The van der Waals surface area contributed by atoms with Gasteiger partial charge in [0.05, 0.1) is 19.8 Å². The monoisotopic (exact) mass is 475 g/mol. The Hall–Kier alpha value is -0.860. The molecular formula is C20H34IN3O2. The van der Waals surface area contributed by atoms with E-state index in [4.69, 9.17) is 9.47 Å². The molecule has 1 N–H and O–H groups in total. The van der Waals surface area contributed by atoms with Crippen molar-refractivity contribution in [2.24, 2.45) is 10.9 Å². The van der Waals surface area contributed by atoms with E-state index in [-0.39, 0.29) is 24.0 Å². The van der Waals surface area contributed by atoms with E-state index in [0.717, 1.165) is 58.3 Å². The molecule has 0 saturated carbocycles. The van der Waals surface area contributed by atoms with E-state index in [1.807, 2.05) is 13.1 Å². The van der Waals surface area contributed by atoms with Crippen LogP contribution in [0, 0.1) is 5.92 Å². The number of unbranched alkanes of at least 4 members (excludes halogenated alkanes) is 1. The number of nitrogens with zero attached hydrogens (tertiary/aromatic N) is 2. The first kappa shape index (κ1) is 23.2. The molecule has 6 heteroatoms. The predicted molar refractivity (Wildman–Crippen MR) is 118 cm³/mol. The molecule has 1 heterocycles. The van der Waals surface area contributed by atoms with Crippen molar-refractivity contribution in [3.8, 4) is 0 Å². The molecule has 0 amide bonds. The standard InChI is InChI=1S/C20H33N3O2.HI/c1-3-4-13-24-14-11-22-20(21-2)23-12-10-19(15-23)17-25-16-18-8-6-5-7-9-18;/h5-9,19H,3-4,10-17H2,1-2H3,(H,21,22);1H. The van der Waals surface area contributed by atoms with Gasteiger partial charge < -0.3 is 19.7 Å². The third kappa shape index (κ3) is 8.68. The van der Waals surface area contributed by atoms with Crippen molar-refractivity contribution in [3.63, 3.8) is 0 Å². The van der Waals surface area contributed by atoms with E-state index >= 15 is 0 Å². The molecule has 5 nitrogen and oxygen atoms in total. The molecule has 1 atom stereocenters. The highest BCUT2D eigenvalue weighted by molar-refractivity contribution is 14.0. The van der Waals surface area contributed by atoms with Gasteiger partial charge in [0.1, 0.15) is 0 Å². The Labute approximate surface area is 175 Å². The van der Waals surface area contributed by atoms with Gasteiger partial charge >= 0.3 is 0 Å². The van der Waals surface area contributed by atoms with Gasteiger partial charge in [-0.2, -0.15) is 0 Å². The van der Waals surface area contributed by atoms with Gasteiger partial charge in [-0.05, 0) is 18.4 Å². The molecule has 148 valence electrons. The third-order valence-corrected chi connectivity index (χ3v) is 4.43. The van der Waals surface area contributed by atoms with Gasteiger partial charge in [-0.15, -0.1) is 24.0 Å². The average Bonchev–Trinajstić information content (AvgIpc) is 3.11. The number of likely N-dealkylation sites (tertiary alicyclic amines) is 1. The molecule has 1 aromatic carbocycles. The van der Waals surface area contributed by atoms with Gasteiger partial charge in [-0.3, -0.25) is 4.99 Å². The Bertz CT molecular complexity index is 499. The van der Waals surface area contributed by atoms with E-state index in [1.165, 1.54) is 12.0 Å². The summed E-state index contributed by atoms with van der Waals surface area (Å²) in [7, 11) is 1.85. The number of aliphatic imine (C=N–C) groups is 1. The van der Waals surface area contributed by atoms with Gasteiger partial charge in [0.15, 0.2) is 5.96 Å². The Balaban J connectivity index is 0.00000338. The second-order valence-electron chi connectivity index (χ2n) is 6.54. The second-order valence-corrected chi connectivity index (χ2v) is 6.54. The van der Waals surface area contributed by atoms with Gasteiger partial charge in [-0.25, -0.2) is 0 Å². The second kappa shape index (κ2) is 14.2.